The summed E-state index contributed by atoms with van der Waals surface area (Å²) in [5.41, 5.74) is 9.45. The SMILES string of the molecule is Nc1ccc2c(c1)N(CCn1cccn1)CCC2. The van der Waals surface area contributed by atoms with E-state index in [0.29, 0.717) is 0 Å². The van der Waals surface area contributed by atoms with E-state index in [1.54, 1.807) is 0 Å². The van der Waals surface area contributed by atoms with Crippen molar-refractivity contribution >= 4 is 11.4 Å². The van der Waals surface area contributed by atoms with Crippen molar-refractivity contribution in [2.24, 2.45) is 0 Å². The number of aryl methyl sites for hydroxylation is 1. The van der Waals surface area contributed by atoms with Crippen LogP contribution in [0.4, 0.5) is 11.4 Å². The van der Waals surface area contributed by atoms with E-state index >= 15 is 0 Å². The van der Waals surface area contributed by atoms with Gasteiger partial charge >= 0.3 is 0 Å². The molecular weight excluding hydrogens is 224 g/mol. The van der Waals surface area contributed by atoms with Crippen LogP contribution >= 0.6 is 0 Å². The summed E-state index contributed by atoms with van der Waals surface area (Å²) in [4.78, 5) is 2.41. The van der Waals surface area contributed by atoms with E-state index in [1.165, 1.54) is 17.7 Å². The molecule has 0 bridgehead atoms. The maximum absolute atomic E-state index is 5.89. The molecule has 0 atom stereocenters. The second-order valence-electron chi connectivity index (χ2n) is 4.75. The molecule has 0 radical (unpaired) electrons. The second-order valence-corrected chi connectivity index (χ2v) is 4.75. The summed E-state index contributed by atoms with van der Waals surface area (Å²) in [7, 11) is 0. The van der Waals surface area contributed by atoms with Crippen LogP contribution in [-0.4, -0.2) is 22.9 Å². The van der Waals surface area contributed by atoms with Crippen molar-refractivity contribution in [3.05, 3.63) is 42.2 Å². The number of fused-ring (bicyclic) bond motifs is 1. The number of nitrogens with two attached hydrogens (primary N) is 1. The molecule has 2 N–H and O–H groups in total. The molecule has 0 aliphatic carbocycles. The maximum Gasteiger partial charge on any atom is 0.0584 e. The van der Waals surface area contributed by atoms with Gasteiger partial charge in [0.05, 0.1) is 6.54 Å². The minimum atomic E-state index is 0.847. The van der Waals surface area contributed by atoms with Crippen molar-refractivity contribution in [1.29, 1.82) is 0 Å². The monoisotopic (exact) mass is 242 g/mol. The van der Waals surface area contributed by atoms with Crippen LogP contribution in [0, 0.1) is 0 Å². The Morgan fingerprint density at radius 3 is 3.06 bits per heavy atom. The Kier molecular flexibility index (Phi) is 2.92. The van der Waals surface area contributed by atoms with Crippen LogP contribution in [-0.2, 0) is 13.0 Å². The van der Waals surface area contributed by atoms with Crippen molar-refractivity contribution < 1.29 is 0 Å². The van der Waals surface area contributed by atoms with E-state index in [-0.39, 0.29) is 0 Å². The van der Waals surface area contributed by atoms with Crippen LogP contribution in [0.1, 0.15) is 12.0 Å². The molecule has 4 nitrogen and oxygen atoms in total. The fourth-order valence-corrected chi connectivity index (χ4v) is 2.56. The lowest BCUT2D eigenvalue weighted by molar-refractivity contribution is 0.579. The van der Waals surface area contributed by atoms with Gasteiger partial charge in [-0.2, -0.15) is 5.10 Å². The molecule has 94 valence electrons. The van der Waals surface area contributed by atoms with Gasteiger partial charge in [-0.3, -0.25) is 4.68 Å². The molecule has 1 aromatic carbocycles. The molecule has 1 aliphatic heterocycles. The standard InChI is InChI=1S/C14H18N4/c15-13-5-4-12-3-1-7-17(14(12)11-13)9-10-18-8-2-6-16-18/h2,4-6,8,11H,1,3,7,9-10,15H2. The Morgan fingerprint density at radius 2 is 2.22 bits per heavy atom. The van der Waals surface area contributed by atoms with E-state index in [1.807, 2.05) is 29.2 Å². The van der Waals surface area contributed by atoms with Crippen LogP contribution in [0.2, 0.25) is 0 Å². The molecule has 0 fully saturated rings. The predicted octanol–water partition coefficient (Wildman–Crippen LogP) is 1.92. The predicted molar refractivity (Wildman–Crippen MR) is 73.6 cm³/mol. The van der Waals surface area contributed by atoms with Gasteiger partial charge in [-0.1, -0.05) is 6.07 Å². The minimum absolute atomic E-state index is 0.847. The van der Waals surface area contributed by atoms with Gasteiger partial charge in [-0.25, -0.2) is 0 Å². The van der Waals surface area contributed by atoms with E-state index in [9.17, 15) is 0 Å². The third-order valence-corrected chi connectivity index (χ3v) is 3.48. The number of rotatable bonds is 3. The van der Waals surface area contributed by atoms with Gasteiger partial charge < -0.3 is 10.6 Å². The normalized spacial score (nSPS) is 14.6. The Hall–Kier alpha value is -1.97. The Morgan fingerprint density at radius 1 is 1.28 bits per heavy atom. The average molecular weight is 242 g/mol. The number of nitrogen functional groups attached to an aromatic ring is 1. The summed E-state index contributed by atoms with van der Waals surface area (Å²) in [6.07, 6.45) is 6.20. The summed E-state index contributed by atoms with van der Waals surface area (Å²) in [6, 6.07) is 8.21. The summed E-state index contributed by atoms with van der Waals surface area (Å²) < 4.78 is 1.97. The Bertz CT molecular complexity index is 519. The third-order valence-electron chi connectivity index (χ3n) is 3.48. The molecule has 0 saturated heterocycles. The lowest BCUT2D eigenvalue weighted by Gasteiger charge is -2.31. The van der Waals surface area contributed by atoms with Crippen molar-refractivity contribution in [3.63, 3.8) is 0 Å². The van der Waals surface area contributed by atoms with Gasteiger partial charge in [0.1, 0.15) is 0 Å². The van der Waals surface area contributed by atoms with Gasteiger partial charge in [0.2, 0.25) is 0 Å². The maximum atomic E-state index is 5.89. The number of benzene rings is 1. The first kappa shape index (κ1) is 11.1. The van der Waals surface area contributed by atoms with Gasteiger partial charge in [-0.05, 0) is 36.6 Å². The highest BCUT2D eigenvalue weighted by molar-refractivity contribution is 5.62. The average Bonchev–Trinajstić information content (AvgIpc) is 2.89. The molecule has 0 amide bonds. The highest BCUT2D eigenvalue weighted by atomic mass is 15.3. The zero-order chi connectivity index (χ0) is 12.4. The third kappa shape index (κ3) is 2.18. The van der Waals surface area contributed by atoms with Crippen LogP contribution < -0.4 is 10.6 Å². The summed E-state index contributed by atoms with van der Waals surface area (Å²) in [5.74, 6) is 0. The molecule has 2 heterocycles. The molecule has 18 heavy (non-hydrogen) atoms. The zero-order valence-corrected chi connectivity index (χ0v) is 10.4. The Labute approximate surface area is 107 Å². The first-order valence-corrected chi connectivity index (χ1v) is 6.44. The fraction of sp³-hybridized carbons (Fsp3) is 0.357. The van der Waals surface area contributed by atoms with Crippen molar-refractivity contribution in [3.8, 4) is 0 Å². The highest BCUT2D eigenvalue weighted by Gasteiger charge is 2.16. The lowest BCUT2D eigenvalue weighted by atomic mass is 10.0. The van der Waals surface area contributed by atoms with Crippen LogP contribution in [0.3, 0.4) is 0 Å². The zero-order valence-electron chi connectivity index (χ0n) is 10.4. The van der Waals surface area contributed by atoms with Gasteiger partial charge in [0.15, 0.2) is 0 Å². The molecule has 1 aliphatic rings. The molecule has 2 aromatic rings. The lowest BCUT2D eigenvalue weighted by Crippen LogP contribution is -2.32. The topological polar surface area (TPSA) is 47.1 Å². The van der Waals surface area contributed by atoms with Gasteiger partial charge in [-0.15, -0.1) is 0 Å². The Balaban J connectivity index is 1.76. The van der Waals surface area contributed by atoms with Crippen molar-refractivity contribution in [2.75, 3.05) is 23.7 Å². The first-order valence-electron chi connectivity index (χ1n) is 6.44. The molecule has 0 spiro atoms. The second kappa shape index (κ2) is 4.72. The first-order chi connectivity index (χ1) is 8.83. The minimum Gasteiger partial charge on any atom is -0.399 e. The van der Waals surface area contributed by atoms with E-state index < -0.39 is 0 Å². The number of aromatic nitrogens is 2. The van der Waals surface area contributed by atoms with Crippen LogP contribution in [0.25, 0.3) is 0 Å². The van der Waals surface area contributed by atoms with Gasteiger partial charge in [0, 0.05) is 36.9 Å². The molecule has 0 unspecified atom stereocenters. The quantitative estimate of drug-likeness (QED) is 0.836. The molecule has 4 heteroatoms. The number of anilines is 2. The molecule has 0 saturated carbocycles. The number of nitrogens with zero attached hydrogens (tertiary/aromatic N) is 3. The molecular formula is C14H18N4. The molecule has 3 rings (SSSR count). The van der Waals surface area contributed by atoms with Crippen molar-refractivity contribution in [2.45, 2.75) is 19.4 Å². The van der Waals surface area contributed by atoms with E-state index in [2.05, 4.69) is 22.1 Å². The smallest absolute Gasteiger partial charge is 0.0584 e. The number of hydrogen-bond donors (Lipinski definition) is 1. The van der Waals surface area contributed by atoms with Crippen LogP contribution in [0.5, 0.6) is 0 Å². The summed E-state index contributed by atoms with van der Waals surface area (Å²) in [5, 5.41) is 4.24. The molecule has 1 aromatic heterocycles. The fourth-order valence-electron chi connectivity index (χ4n) is 2.56. The largest absolute Gasteiger partial charge is 0.399 e. The highest BCUT2D eigenvalue weighted by Crippen LogP contribution is 2.28. The summed E-state index contributed by atoms with van der Waals surface area (Å²) in [6.45, 7) is 3.01. The van der Waals surface area contributed by atoms with Gasteiger partial charge in [0.25, 0.3) is 0 Å². The van der Waals surface area contributed by atoms with Crippen molar-refractivity contribution in [1.82, 2.24) is 9.78 Å². The van der Waals surface area contributed by atoms with E-state index in [0.717, 1.165) is 31.7 Å². The summed E-state index contributed by atoms with van der Waals surface area (Å²) >= 11 is 0. The van der Waals surface area contributed by atoms with Crippen LogP contribution in [0.15, 0.2) is 36.7 Å². The number of hydrogen-bond acceptors (Lipinski definition) is 3. The van der Waals surface area contributed by atoms with E-state index in [4.69, 9.17) is 5.73 Å².